The van der Waals surface area contributed by atoms with E-state index >= 15 is 0 Å². The molecule has 0 radical (unpaired) electrons. The van der Waals surface area contributed by atoms with Crippen molar-refractivity contribution in [3.63, 3.8) is 0 Å². The van der Waals surface area contributed by atoms with Crippen LogP contribution in [0.25, 0.3) is 0 Å². The van der Waals surface area contributed by atoms with Crippen molar-refractivity contribution in [2.45, 2.75) is 83.6 Å². The number of ether oxygens (including phenoxy) is 2. The van der Waals surface area contributed by atoms with E-state index in [4.69, 9.17) is 9.47 Å². The van der Waals surface area contributed by atoms with Gasteiger partial charge in [0.2, 0.25) is 0 Å². The highest BCUT2D eigenvalue weighted by atomic mass is 16.6. The highest BCUT2D eigenvalue weighted by Crippen LogP contribution is 2.33. The Kier molecular flexibility index (Phi) is 6.11. The summed E-state index contributed by atoms with van der Waals surface area (Å²) >= 11 is 0. The SMILES string of the molecule is CCCNC1CC(OC2CCCC(C)C2)C1OCC. The average molecular weight is 269 g/mol. The minimum atomic E-state index is 0.272. The molecule has 0 amide bonds. The average Bonchev–Trinajstić information content (AvgIpc) is 2.39. The van der Waals surface area contributed by atoms with Crippen LogP contribution in [0.2, 0.25) is 0 Å². The number of hydrogen-bond acceptors (Lipinski definition) is 3. The van der Waals surface area contributed by atoms with Crippen LogP contribution in [0.3, 0.4) is 0 Å². The third-order valence-corrected chi connectivity index (χ3v) is 4.52. The smallest absolute Gasteiger partial charge is 0.0990 e. The molecule has 0 aromatic carbocycles. The van der Waals surface area contributed by atoms with Gasteiger partial charge in [0.25, 0.3) is 0 Å². The van der Waals surface area contributed by atoms with Crippen molar-refractivity contribution < 1.29 is 9.47 Å². The molecule has 2 saturated carbocycles. The Morgan fingerprint density at radius 3 is 2.68 bits per heavy atom. The number of rotatable bonds is 7. The first-order valence-electron chi connectivity index (χ1n) is 8.25. The van der Waals surface area contributed by atoms with Crippen molar-refractivity contribution >= 4 is 0 Å². The van der Waals surface area contributed by atoms with Gasteiger partial charge in [0.15, 0.2) is 0 Å². The Morgan fingerprint density at radius 2 is 2.00 bits per heavy atom. The molecular weight excluding hydrogens is 238 g/mol. The van der Waals surface area contributed by atoms with E-state index in [1.165, 1.54) is 32.1 Å². The summed E-state index contributed by atoms with van der Waals surface area (Å²) in [6, 6.07) is 0.505. The molecule has 5 atom stereocenters. The highest BCUT2D eigenvalue weighted by Gasteiger charge is 2.43. The molecule has 0 aliphatic heterocycles. The van der Waals surface area contributed by atoms with Gasteiger partial charge in [-0.25, -0.2) is 0 Å². The van der Waals surface area contributed by atoms with Gasteiger partial charge in [-0.3, -0.25) is 0 Å². The minimum Gasteiger partial charge on any atom is -0.374 e. The van der Waals surface area contributed by atoms with E-state index in [2.05, 4.69) is 26.1 Å². The fraction of sp³-hybridized carbons (Fsp3) is 1.00. The van der Waals surface area contributed by atoms with E-state index in [1.54, 1.807) is 0 Å². The highest BCUT2D eigenvalue weighted by molar-refractivity contribution is 4.98. The van der Waals surface area contributed by atoms with Crippen molar-refractivity contribution in [1.82, 2.24) is 5.32 Å². The normalized spacial score (nSPS) is 39.0. The second kappa shape index (κ2) is 7.61. The lowest BCUT2D eigenvalue weighted by Gasteiger charge is -2.46. The van der Waals surface area contributed by atoms with Crippen molar-refractivity contribution in [2.75, 3.05) is 13.2 Å². The molecule has 3 heteroatoms. The van der Waals surface area contributed by atoms with Gasteiger partial charge in [0, 0.05) is 12.6 Å². The molecular formula is C16H31NO2. The minimum absolute atomic E-state index is 0.272. The van der Waals surface area contributed by atoms with E-state index < -0.39 is 0 Å². The third kappa shape index (κ3) is 4.17. The van der Waals surface area contributed by atoms with Crippen LogP contribution in [0.1, 0.15) is 59.3 Å². The maximum atomic E-state index is 6.31. The Balaban J connectivity index is 1.76. The van der Waals surface area contributed by atoms with Crippen LogP contribution >= 0.6 is 0 Å². The lowest BCUT2D eigenvalue weighted by molar-refractivity contribution is -0.173. The number of hydrogen-bond donors (Lipinski definition) is 1. The van der Waals surface area contributed by atoms with Gasteiger partial charge >= 0.3 is 0 Å². The second-order valence-electron chi connectivity index (χ2n) is 6.28. The summed E-state index contributed by atoms with van der Waals surface area (Å²) in [7, 11) is 0. The Labute approximate surface area is 118 Å². The zero-order valence-corrected chi connectivity index (χ0v) is 12.9. The van der Waals surface area contributed by atoms with Crippen LogP contribution in [0.15, 0.2) is 0 Å². The van der Waals surface area contributed by atoms with E-state index in [-0.39, 0.29) is 6.10 Å². The summed E-state index contributed by atoms with van der Waals surface area (Å²) in [5.41, 5.74) is 0. The van der Waals surface area contributed by atoms with Crippen molar-refractivity contribution in [3.05, 3.63) is 0 Å². The topological polar surface area (TPSA) is 30.5 Å². The molecule has 0 saturated heterocycles. The third-order valence-electron chi connectivity index (χ3n) is 4.52. The largest absolute Gasteiger partial charge is 0.374 e. The lowest BCUT2D eigenvalue weighted by Crippen LogP contribution is -2.61. The van der Waals surface area contributed by atoms with Crippen LogP contribution in [-0.4, -0.2) is 37.5 Å². The lowest BCUT2D eigenvalue weighted by atomic mass is 9.83. The number of nitrogens with one attached hydrogen (secondary N) is 1. The quantitative estimate of drug-likeness (QED) is 0.770. The van der Waals surface area contributed by atoms with E-state index in [1.807, 2.05) is 0 Å². The summed E-state index contributed by atoms with van der Waals surface area (Å²) in [5.74, 6) is 0.832. The Hall–Kier alpha value is -0.120. The Bertz CT molecular complexity index is 259. The Morgan fingerprint density at radius 1 is 1.16 bits per heavy atom. The molecule has 2 aliphatic rings. The van der Waals surface area contributed by atoms with Gasteiger partial charge in [-0.15, -0.1) is 0 Å². The maximum Gasteiger partial charge on any atom is 0.0990 e. The fourth-order valence-electron chi connectivity index (χ4n) is 3.41. The molecule has 1 N–H and O–H groups in total. The van der Waals surface area contributed by atoms with Crippen LogP contribution in [0.4, 0.5) is 0 Å². The molecule has 19 heavy (non-hydrogen) atoms. The molecule has 0 aromatic heterocycles. The molecule has 0 spiro atoms. The van der Waals surface area contributed by atoms with E-state index in [9.17, 15) is 0 Å². The monoisotopic (exact) mass is 269 g/mol. The van der Waals surface area contributed by atoms with Gasteiger partial charge < -0.3 is 14.8 Å². The first-order valence-corrected chi connectivity index (χ1v) is 8.25. The predicted octanol–water partition coefficient (Wildman–Crippen LogP) is 3.13. The van der Waals surface area contributed by atoms with E-state index in [0.717, 1.165) is 25.5 Å². The van der Waals surface area contributed by atoms with Gasteiger partial charge in [-0.05, 0) is 45.1 Å². The van der Waals surface area contributed by atoms with Gasteiger partial charge in [-0.2, -0.15) is 0 Å². The molecule has 0 heterocycles. The molecule has 5 unspecified atom stereocenters. The maximum absolute atomic E-state index is 6.31. The molecule has 2 rings (SSSR count). The molecule has 2 fully saturated rings. The summed E-state index contributed by atoms with van der Waals surface area (Å²) in [6.45, 7) is 8.51. The van der Waals surface area contributed by atoms with Crippen LogP contribution in [0, 0.1) is 5.92 Å². The van der Waals surface area contributed by atoms with Crippen molar-refractivity contribution in [1.29, 1.82) is 0 Å². The molecule has 0 bridgehead atoms. The molecule has 0 aromatic rings. The van der Waals surface area contributed by atoms with Crippen LogP contribution in [0.5, 0.6) is 0 Å². The zero-order valence-electron chi connectivity index (χ0n) is 12.9. The zero-order chi connectivity index (χ0) is 13.7. The van der Waals surface area contributed by atoms with Crippen molar-refractivity contribution in [2.24, 2.45) is 5.92 Å². The van der Waals surface area contributed by atoms with E-state index in [0.29, 0.717) is 18.2 Å². The van der Waals surface area contributed by atoms with Gasteiger partial charge in [0.1, 0.15) is 0 Å². The van der Waals surface area contributed by atoms with Gasteiger partial charge in [0.05, 0.1) is 18.3 Å². The summed E-state index contributed by atoms with van der Waals surface area (Å²) < 4.78 is 12.2. The first-order chi connectivity index (χ1) is 9.24. The molecule has 2 aliphatic carbocycles. The summed E-state index contributed by atoms with van der Waals surface area (Å²) in [5, 5.41) is 3.57. The fourth-order valence-corrected chi connectivity index (χ4v) is 3.41. The first kappa shape index (κ1) is 15.3. The van der Waals surface area contributed by atoms with Crippen LogP contribution < -0.4 is 5.32 Å². The molecule has 112 valence electrons. The molecule has 3 nitrogen and oxygen atoms in total. The summed E-state index contributed by atoms with van der Waals surface area (Å²) in [6.07, 6.45) is 8.56. The van der Waals surface area contributed by atoms with Crippen molar-refractivity contribution in [3.8, 4) is 0 Å². The van der Waals surface area contributed by atoms with Crippen LogP contribution in [-0.2, 0) is 9.47 Å². The summed E-state index contributed by atoms with van der Waals surface area (Å²) in [4.78, 5) is 0. The predicted molar refractivity (Wildman–Crippen MR) is 78.4 cm³/mol. The standard InChI is InChI=1S/C16H31NO2/c1-4-9-17-14-11-15(16(14)18-5-2)19-13-8-6-7-12(3)10-13/h12-17H,4-11H2,1-3H3. The second-order valence-corrected chi connectivity index (χ2v) is 6.28. The van der Waals surface area contributed by atoms with Gasteiger partial charge in [-0.1, -0.05) is 26.7 Å².